The highest BCUT2D eigenvalue weighted by molar-refractivity contribution is 5.19. The Morgan fingerprint density at radius 1 is 1.08 bits per heavy atom. The summed E-state index contributed by atoms with van der Waals surface area (Å²) < 4.78 is 0. The lowest BCUT2D eigenvalue weighted by Crippen LogP contribution is -2.27. The number of hydrogen-bond acceptors (Lipinski definition) is 2. The SMILES string of the molecule is c1ccc([C@@H]2CNCCCN2)cc1. The van der Waals surface area contributed by atoms with Gasteiger partial charge in [0, 0.05) is 12.6 Å². The van der Waals surface area contributed by atoms with E-state index in [0.717, 1.165) is 19.6 Å². The molecule has 1 aliphatic rings. The summed E-state index contributed by atoms with van der Waals surface area (Å²) >= 11 is 0. The molecule has 2 heteroatoms. The largest absolute Gasteiger partial charge is 0.315 e. The molecule has 2 N–H and O–H groups in total. The van der Waals surface area contributed by atoms with Crippen LogP contribution in [0.2, 0.25) is 0 Å². The van der Waals surface area contributed by atoms with E-state index in [1.54, 1.807) is 0 Å². The van der Waals surface area contributed by atoms with Gasteiger partial charge in [0.15, 0.2) is 0 Å². The monoisotopic (exact) mass is 176 g/mol. The lowest BCUT2D eigenvalue weighted by Gasteiger charge is -2.15. The van der Waals surface area contributed by atoms with Crippen LogP contribution in [0.5, 0.6) is 0 Å². The Bertz CT molecular complexity index is 238. The maximum Gasteiger partial charge on any atom is 0.0446 e. The van der Waals surface area contributed by atoms with Crippen molar-refractivity contribution in [3.63, 3.8) is 0 Å². The van der Waals surface area contributed by atoms with Crippen LogP contribution in [0.25, 0.3) is 0 Å². The molecule has 1 fully saturated rings. The molecule has 2 rings (SSSR count). The summed E-state index contributed by atoms with van der Waals surface area (Å²) in [6.07, 6.45) is 1.23. The molecule has 0 aliphatic carbocycles. The zero-order valence-corrected chi connectivity index (χ0v) is 7.79. The van der Waals surface area contributed by atoms with Crippen molar-refractivity contribution in [3.05, 3.63) is 35.9 Å². The molecule has 1 saturated heterocycles. The summed E-state index contributed by atoms with van der Waals surface area (Å²) in [4.78, 5) is 0. The lowest BCUT2D eigenvalue weighted by molar-refractivity contribution is 0.553. The molecule has 1 aromatic carbocycles. The summed E-state index contributed by atoms with van der Waals surface area (Å²) in [5.74, 6) is 0. The molecular formula is C11H16N2. The average molecular weight is 176 g/mol. The second-order valence-corrected chi connectivity index (χ2v) is 3.48. The van der Waals surface area contributed by atoms with Crippen molar-refractivity contribution in [2.45, 2.75) is 12.5 Å². The van der Waals surface area contributed by atoms with Crippen LogP contribution in [0.15, 0.2) is 30.3 Å². The predicted molar refractivity (Wildman–Crippen MR) is 54.7 cm³/mol. The van der Waals surface area contributed by atoms with Gasteiger partial charge < -0.3 is 10.6 Å². The highest BCUT2D eigenvalue weighted by atomic mass is 15.0. The van der Waals surface area contributed by atoms with Crippen molar-refractivity contribution in [2.75, 3.05) is 19.6 Å². The van der Waals surface area contributed by atoms with E-state index in [1.165, 1.54) is 12.0 Å². The van der Waals surface area contributed by atoms with E-state index in [4.69, 9.17) is 0 Å². The van der Waals surface area contributed by atoms with Crippen LogP contribution in [0, 0.1) is 0 Å². The van der Waals surface area contributed by atoms with Crippen molar-refractivity contribution in [1.82, 2.24) is 10.6 Å². The molecule has 13 heavy (non-hydrogen) atoms. The minimum atomic E-state index is 0.490. The molecule has 0 unspecified atom stereocenters. The van der Waals surface area contributed by atoms with Gasteiger partial charge >= 0.3 is 0 Å². The van der Waals surface area contributed by atoms with Crippen LogP contribution in [-0.4, -0.2) is 19.6 Å². The zero-order valence-electron chi connectivity index (χ0n) is 7.79. The molecule has 0 bridgehead atoms. The Morgan fingerprint density at radius 3 is 2.77 bits per heavy atom. The van der Waals surface area contributed by atoms with Gasteiger partial charge in [0.05, 0.1) is 0 Å². The lowest BCUT2D eigenvalue weighted by atomic mass is 10.1. The van der Waals surface area contributed by atoms with Crippen LogP contribution >= 0.6 is 0 Å². The third kappa shape index (κ3) is 2.29. The first-order valence-electron chi connectivity index (χ1n) is 4.96. The third-order valence-electron chi connectivity index (χ3n) is 2.47. The van der Waals surface area contributed by atoms with Gasteiger partial charge in [-0.1, -0.05) is 30.3 Å². The normalized spacial score (nSPS) is 23.8. The Kier molecular flexibility index (Phi) is 2.95. The third-order valence-corrected chi connectivity index (χ3v) is 2.47. The topological polar surface area (TPSA) is 24.1 Å². The molecule has 0 saturated carbocycles. The summed E-state index contributed by atoms with van der Waals surface area (Å²) in [5.41, 5.74) is 1.39. The molecule has 0 aromatic heterocycles. The first-order valence-corrected chi connectivity index (χ1v) is 4.96. The molecule has 0 radical (unpaired) electrons. The second kappa shape index (κ2) is 4.40. The summed E-state index contributed by atoms with van der Waals surface area (Å²) in [5, 5.41) is 6.97. The van der Waals surface area contributed by atoms with Gasteiger partial charge in [0.25, 0.3) is 0 Å². The first-order chi connectivity index (χ1) is 6.47. The fourth-order valence-electron chi connectivity index (χ4n) is 1.73. The van der Waals surface area contributed by atoms with Gasteiger partial charge in [-0.05, 0) is 25.1 Å². The molecular weight excluding hydrogens is 160 g/mol. The zero-order chi connectivity index (χ0) is 8.93. The Labute approximate surface area is 79.4 Å². The molecule has 0 amide bonds. The molecule has 1 heterocycles. The van der Waals surface area contributed by atoms with Gasteiger partial charge in [-0.15, -0.1) is 0 Å². The predicted octanol–water partition coefficient (Wildman–Crippen LogP) is 1.31. The number of rotatable bonds is 1. The first kappa shape index (κ1) is 8.73. The highest BCUT2D eigenvalue weighted by Gasteiger charge is 2.11. The van der Waals surface area contributed by atoms with Gasteiger partial charge in [-0.25, -0.2) is 0 Å². The van der Waals surface area contributed by atoms with Gasteiger partial charge in [-0.3, -0.25) is 0 Å². The van der Waals surface area contributed by atoms with E-state index in [-0.39, 0.29) is 0 Å². The summed E-state index contributed by atoms with van der Waals surface area (Å²) in [6, 6.07) is 11.1. The van der Waals surface area contributed by atoms with Gasteiger partial charge in [-0.2, -0.15) is 0 Å². The van der Waals surface area contributed by atoms with E-state index in [0.29, 0.717) is 6.04 Å². The number of hydrogen-bond donors (Lipinski definition) is 2. The minimum absolute atomic E-state index is 0.490. The summed E-state index contributed by atoms with van der Waals surface area (Å²) in [7, 11) is 0. The van der Waals surface area contributed by atoms with E-state index >= 15 is 0 Å². The quantitative estimate of drug-likeness (QED) is 0.674. The smallest absolute Gasteiger partial charge is 0.0446 e. The average Bonchev–Trinajstić information content (AvgIpc) is 2.47. The molecule has 1 atom stereocenters. The second-order valence-electron chi connectivity index (χ2n) is 3.48. The van der Waals surface area contributed by atoms with Crippen LogP contribution in [0.4, 0.5) is 0 Å². The summed E-state index contributed by atoms with van der Waals surface area (Å²) in [6.45, 7) is 3.30. The van der Waals surface area contributed by atoms with Crippen molar-refractivity contribution in [3.8, 4) is 0 Å². The van der Waals surface area contributed by atoms with Crippen LogP contribution in [-0.2, 0) is 0 Å². The van der Waals surface area contributed by atoms with Crippen molar-refractivity contribution in [1.29, 1.82) is 0 Å². The van der Waals surface area contributed by atoms with Crippen molar-refractivity contribution < 1.29 is 0 Å². The molecule has 0 spiro atoms. The van der Waals surface area contributed by atoms with E-state index < -0.39 is 0 Å². The maximum absolute atomic E-state index is 3.54. The Balaban J connectivity index is 2.06. The molecule has 1 aromatic rings. The van der Waals surface area contributed by atoms with Crippen LogP contribution < -0.4 is 10.6 Å². The van der Waals surface area contributed by atoms with Gasteiger partial charge in [0.2, 0.25) is 0 Å². The fourth-order valence-corrected chi connectivity index (χ4v) is 1.73. The van der Waals surface area contributed by atoms with E-state index in [9.17, 15) is 0 Å². The minimum Gasteiger partial charge on any atom is -0.315 e. The van der Waals surface area contributed by atoms with E-state index in [1.807, 2.05) is 0 Å². The van der Waals surface area contributed by atoms with Crippen molar-refractivity contribution >= 4 is 0 Å². The highest BCUT2D eigenvalue weighted by Crippen LogP contribution is 2.12. The van der Waals surface area contributed by atoms with Crippen molar-refractivity contribution in [2.24, 2.45) is 0 Å². The maximum atomic E-state index is 3.54. The van der Waals surface area contributed by atoms with Crippen LogP contribution in [0.1, 0.15) is 18.0 Å². The van der Waals surface area contributed by atoms with Crippen LogP contribution in [0.3, 0.4) is 0 Å². The molecule has 2 nitrogen and oxygen atoms in total. The Hall–Kier alpha value is -0.860. The van der Waals surface area contributed by atoms with E-state index in [2.05, 4.69) is 41.0 Å². The standard InChI is InChI=1S/C11H16N2/c1-2-5-10(6-3-1)11-9-12-7-4-8-13-11/h1-3,5-6,11-13H,4,7-9H2/t11-/m0/s1. The fraction of sp³-hybridized carbons (Fsp3) is 0.455. The van der Waals surface area contributed by atoms with Gasteiger partial charge in [0.1, 0.15) is 0 Å². The molecule has 70 valence electrons. The molecule has 1 aliphatic heterocycles. The number of benzene rings is 1. The Morgan fingerprint density at radius 2 is 1.92 bits per heavy atom. The number of nitrogens with one attached hydrogen (secondary N) is 2.